The molecule has 0 unspecified atom stereocenters. The third kappa shape index (κ3) is 4.90. The van der Waals surface area contributed by atoms with Gasteiger partial charge in [-0.2, -0.15) is 13.2 Å². The number of hydrogen-bond donors (Lipinski definition) is 2. The molecule has 130 valence electrons. The predicted molar refractivity (Wildman–Crippen MR) is 79.2 cm³/mol. The number of nitrogens with zero attached hydrogens (tertiary/aromatic N) is 1. The van der Waals surface area contributed by atoms with E-state index >= 15 is 0 Å². The average Bonchev–Trinajstić information content (AvgIpc) is 2.77. The fourth-order valence-corrected chi connectivity index (χ4v) is 3.33. The molecule has 0 radical (unpaired) electrons. The molecule has 0 spiro atoms. The summed E-state index contributed by atoms with van der Waals surface area (Å²) in [6, 6.07) is 4.69. The summed E-state index contributed by atoms with van der Waals surface area (Å²) in [7, 11) is -3.36. The number of aliphatic hydroxyl groups is 1. The second-order valence-corrected chi connectivity index (χ2v) is 7.48. The van der Waals surface area contributed by atoms with Crippen LogP contribution in [-0.4, -0.2) is 50.4 Å². The van der Waals surface area contributed by atoms with E-state index in [2.05, 4.69) is 4.72 Å². The van der Waals surface area contributed by atoms with Crippen LogP contribution >= 0.6 is 0 Å². The lowest BCUT2D eigenvalue weighted by atomic mass is 9.97. The predicted octanol–water partition coefficient (Wildman–Crippen LogP) is 1.36. The number of nitrogens with one attached hydrogen (secondary N) is 1. The first kappa shape index (κ1) is 18.2. The van der Waals surface area contributed by atoms with Gasteiger partial charge >= 0.3 is 6.18 Å². The highest BCUT2D eigenvalue weighted by molar-refractivity contribution is 7.88. The molecule has 23 heavy (non-hydrogen) atoms. The molecule has 2 N–H and O–H groups in total. The van der Waals surface area contributed by atoms with E-state index in [0.29, 0.717) is 0 Å². The summed E-state index contributed by atoms with van der Waals surface area (Å²) in [6.07, 6.45) is -4.01. The van der Waals surface area contributed by atoms with Gasteiger partial charge in [-0.25, -0.2) is 13.1 Å². The molecule has 9 heteroatoms. The molecule has 0 aromatic heterocycles. The van der Waals surface area contributed by atoms with Gasteiger partial charge in [0, 0.05) is 25.7 Å². The van der Waals surface area contributed by atoms with Crippen LogP contribution in [0.5, 0.6) is 0 Å². The molecule has 1 fully saturated rings. The van der Waals surface area contributed by atoms with Crippen molar-refractivity contribution in [3.8, 4) is 0 Å². The minimum atomic E-state index is -4.47. The minimum Gasteiger partial charge on any atom is -0.392 e. The molecule has 1 heterocycles. The zero-order valence-electron chi connectivity index (χ0n) is 12.5. The van der Waals surface area contributed by atoms with Gasteiger partial charge in [0.1, 0.15) is 0 Å². The van der Waals surface area contributed by atoms with E-state index in [1.807, 2.05) is 0 Å². The van der Waals surface area contributed by atoms with E-state index < -0.39 is 33.9 Å². The smallest absolute Gasteiger partial charge is 0.392 e. The van der Waals surface area contributed by atoms with E-state index in [1.165, 1.54) is 18.2 Å². The van der Waals surface area contributed by atoms with Gasteiger partial charge in [-0.05, 0) is 18.1 Å². The lowest BCUT2D eigenvalue weighted by Crippen LogP contribution is -2.35. The van der Waals surface area contributed by atoms with E-state index in [-0.39, 0.29) is 31.6 Å². The summed E-state index contributed by atoms with van der Waals surface area (Å²) in [4.78, 5) is 1.67. The number of alkyl halides is 3. The normalized spacial score (nSPS) is 23.3. The average molecular weight is 352 g/mol. The SMILES string of the molecule is CS(=O)(=O)NCCN1C[C@@H](O)C[C@H]1c1ccccc1C(F)(F)F. The third-order valence-electron chi connectivity index (χ3n) is 3.77. The molecular formula is C14H19F3N2O3S. The molecule has 1 saturated heterocycles. The van der Waals surface area contributed by atoms with Crippen LogP contribution < -0.4 is 4.72 Å². The highest BCUT2D eigenvalue weighted by Crippen LogP contribution is 2.40. The molecule has 0 aliphatic carbocycles. The molecule has 1 aromatic carbocycles. The Bertz CT molecular complexity index is 649. The number of β-amino-alcohol motifs (C(OH)–C–C–N with tert-alkyl or cyclic N) is 1. The number of hydrogen-bond acceptors (Lipinski definition) is 4. The fourth-order valence-electron chi connectivity index (χ4n) is 2.87. The summed E-state index contributed by atoms with van der Waals surface area (Å²) in [5, 5.41) is 9.82. The summed E-state index contributed by atoms with van der Waals surface area (Å²) in [6.45, 7) is 0.513. The molecular weight excluding hydrogens is 333 g/mol. The number of aliphatic hydroxyl groups excluding tert-OH is 1. The van der Waals surface area contributed by atoms with Gasteiger partial charge in [-0.1, -0.05) is 18.2 Å². The summed E-state index contributed by atoms with van der Waals surface area (Å²) in [5.41, 5.74) is -0.615. The van der Waals surface area contributed by atoms with Gasteiger partial charge in [0.05, 0.1) is 17.9 Å². The van der Waals surface area contributed by atoms with Gasteiger partial charge in [0.15, 0.2) is 0 Å². The van der Waals surface area contributed by atoms with E-state index in [1.54, 1.807) is 4.90 Å². The Morgan fingerprint density at radius 1 is 1.35 bits per heavy atom. The van der Waals surface area contributed by atoms with Crippen LogP contribution in [0.25, 0.3) is 0 Å². The van der Waals surface area contributed by atoms with Crippen LogP contribution in [-0.2, 0) is 16.2 Å². The van der Waals surface area contributed by atoms with Gasteiger partial charge < -0.3 is 5.11 Å². The van der Waals surface area contributed by atoms with Crippen LogP contribution in [0.3, 0.4) is 0 Å². The number of benzene rings is 1. The number of likely N-dealkylation sites (tertiary alicyclic amines) is 1. The summed E-state index contributed by atoms with van der Waals surface area (Å²) in [5.74, 6) is 0. The van der Waals surface area contributed by atoms with Crippen LogP contribution in [0.2, 0.25) is 0 Å². The van der Waals surface area contributed by atoms with Gasteiger partial charge in [0.2, 0.25) is 10.0 Å². The Hall–Kier alpha value is -1.16. The first-order valence-electron chi connectivity index (χ1n) is 7.11. The van der Waals surface area contributed by atoms with Crippen molar-refractivity contribution in [3.05, 3.63) is 35.4 Å². The van der Waals surface area contributed by atoms with Crippen molar-refractivity contribution in [1.29, 1.82) is 0 Å². The Balaban J connectivity index is 2.20. The topological polar surface area (TPSA) is 69.6 Å². The first-order chi connectivity index (χ1) is 10.6. The zero-order valence-corrected chi connectivity index (χ0v) is 13.4. The molecule has 2 atom stereocenters. The summed E-state index contributed by atoms with van der Waals surface area (Å²) >= 11 is 0. The van der Waals surface area contributed by atoms with E-state index in [4.69, 9.17) is 0 Å². The van der Waals surface area contributed by atoms with Crippen LogP contribution in [0.4, 0.5) is 13.2 Å². The highest BCUT2D eigenvalue weighted by atomic mass is 32.2. The van der Waals surface area contributed by atoms with Crippen molar-refractivity contribution < 1.29 is 26.7 Å². The molecule has 0 saturated carbocycles. The Kier molecular flexibility index (Phi) is 5.34. The van der Waals surface area contributed by atoms with Gasteiger partial charge in [-0.3, -0.25) is 4.90 Å². The van der Waals surface area contributed by atoms with Crippen LogP contribution in [0, 0.1) is 0 Å². The maximum atomic E-state index is 13.2. The molecule has 1 aromatic rings. The standard InChI is InChI=1S/C14H19F3N2O3S/c1-23(21,22)18-6-7-19-9-10(20)8-13(19)11-4-2-3-5-12(11)14(15,16)17/h2-5,10,13,18,20H,6-9H2,1H3/t10-,13-/m0/s1. The molecule has 0 amide bonds. The maximum absolute atomic E-state index is 13.2. The number of halogens is 3. The van der Waals surface area contributed by atoms with E-state index in [9.17, 15) is 26.7 Å². The number of rotatable bonds is 5. The van der Waals surface area contributed by atoms with Crippen molar-refractivity contribution in [2.75, 3.05) is 25.9 Å². The van der Waals surface area contributed by atoms with Crippen LogP contribution in [0.1, 0.15) is 23.6 Å². The van der Waals surface area contributed by atoms with Crippen molar-refractivity contribution >= 4 is 10.0 Å². The van der Waals surface area contributed by atoms with Crippen molar-refractivity contribution in [1.82, 2.24) is 9.62 Å². The highest BCUT2D eigenvalue weighted by Gasteiger charge is 2.39. The second kappa shape index (κ2) is 6.76. The summed E-state index contributed by atoms with van der Waals surface area (Å²) < 4.78 is 63.9. The monoisotopic (exact) mass is 352 g/mol. The molecule has 1 aliphatic rings. The van der Waals surface area contributed by atoms with Gasteiger partial charge in [0.25, 0.3) is 0 Å². The lowest BCUT2D eigenvalue weighted by molar-refractivity contribution is -0.138. The van der Waals surface area contributed by atoms with Crippen LogP contribution in [0.15, 0.2) is 24.3 Å². The van der Waals surface area contributed by atoms with Crippen molar-refractivity contribution in [3.63, 3.8) is 0 Å². The molecule has 2 rings (SSSR count). The third-order valence-corrected chi connectivity index (χ3v) is 4.50. The number of sulfonamides is 1. The maximum Gasteiger partial charge on any atom is 0.416 e. The molecule has 5 nitrogen and oxygen atoms in total. The fraction of sp³-hybridized carbons (Fsp3) is 0.571. The Labute approximate surface area is 133 Å². The second-order valence-electron chi connectivity index (χ2n) is 5.65. The van der Waals surface area contributed by atoms with Crippen molar-refractivity contribution in [2.45, 2.75) is 24.7 Å². The zero-order chi connectivity index (χ0) is 17.3. The Morgan fingerprint density at radius 3 is 2.61 bits per heavy atom. The van der Waals surface area contributed by atoms with E-state index in [0.717, 1.165) is 12.3 Å². The minimum absolute atomic E-state index is 0.0796. The molecule has 1 aliphatic heterocycles. The molecule has 0 bridgehead atoms. The van der Waals surface area contributed by atoms with Gasteiger partial charge in [-0.15, -0.1) is 0 Å². The largest absolute Gasteiger partial charge is 0.416 e. The lowest BCUT2D eigenvalue weighted by Gasteiger charge is -2.26. The first-order valence-corrected chi connectivity index (χ1v) is 9.00. The quantitative estimate of drug-likeness (QED) is 0.840. The van der Waals surface area contributed by atoms with Crippen molar-refractivity contribution in [2.24, 2.45) is 0 Å². The Morgan fingerprint density at radius 2 is 2.00 bits per heavy atom.